The van der Waals surface area contributed by atoms with Crippen LogP contribution in [0.4, 0.5) is 42.5 Å². The van der Waals surface area contributed by atoms with E-state index in [1.54, 1.807) is 6.07 Å². The van der Waals surface area contributed by atoms with Crippen LogP contribution in [0.1, 0.15) is 11.1 Å². The Morgan fingerprint density at radius 2 is 1.52 bits per heavy atom. The topological polar surface area (TPSA) is 95.6 Å². The number of anilines is 2. The van der Waals surface area contributed by atoms with Gasteiger partial charge in [-0.2, -0.15) is 31.6 Å². The largest absolute Gasteiger partial charge is 0.416 e. The van der Waals surface area contributed by atoms with Crippen LogP contribution in [0.3, 0.4) is 0 Å². The van der Waals surface area contributed by atoms with Crippen molar-refractivity contribution < 1.29 is 31.1 Å². The zero-order valence-electron chi connectivity index (χ0n) is 14.7. The molecule has 2 aromatic carbocycles. The summed E-state index contributed by atoms with van der Waals surface area (Å²) in [4.78, 5) is 12.4. The molecule has 0 bridgehead atoms. The normalized spacial score (nSPS) is 12.0. The molecule has 0 spiro atoms. The molecule has 0 radical (unpaired) electrons. The summed E-state index contributed by atoms with van der Waals surface area (Å²) in [5, 5.41) is 17.5. The maximum absolute atomic E-state index is 13.0. The molecule has 7 nitrogen and oxygen atoms in total. The monoisotopic (exact) mass is 572 g/mol. The number of hydrogen-bond acceptors (Lipinski definition) is 4. The van der Waals surface area contributed by atoms with Crippen molar-refractivity contribution in [2.45, 2.75) is 12.4 Å². The first-order valence-electron chi connectivity index (χ1n) is 7.95. The van der Waals surface area contributed by atoms with Crippen molar-refractivity contribution in [3.63, 3.8) is 0 Å². The van der Waals surface area contributed by atoms with Crippen LogP contribution in [-0.2, 0) is 12.4 Å². The van der Waals surface area contributed by atoms with Gasteiger partial charge in [0.15, 0.2) is 0 Å². The molecule has 2 amide bonds. The number of rotatable bonds is 3. The SMILES string of the molecule is O=C(Nc1cc(C(F)(F)F)cc(C(F)(F)F)c1)Nc1c(Br)cc(Br)cc1-c1nn[nH]n1. The second kappa shape index (κ2) is 8.45. The highest BCUT2D eigenvalue weighted by molar-refractivity contribution is 9.11. The number of urea groups is 1. The number of amides is 2. The molecule has 15 heteroatoms. The zero-order valence-corrected chi connectivity index (χ0v) is 17.8. The summed E-state index contributed by atoms with van der Waals surface area (Å²) in [6, 6.07) is 2.72. The molecule has 3 rings (SSSR count). The van der Waals surface area contributed by atoms with Crippen LogP contribution in [0.5, 0.6) is 0 Å². The molecule has 0 atom stereocenters. The smallest absolute Gasteiger partial charge is 0.308 e. The minimum absolute atomic E-state index is 0.0389. The van der Waals surface area contributed by atoms with Crippen molar-refractivity contribution in [3.05, 3.63) is 50.4 Å². The molecule has 3 aromatic rings. The first kappa shape index (κ1) is 23.0. The van der Waals surface area contributed by atoms with Gasteiger partial charge in [-0.25, -0.2) is 4.79 Å². The number of benzene rings is 2. The van der Waals surface area contributed by atoms with E-state index in [2.05, 4.69) is 57.8 Å². The van der Waals surface area contributed by atoms with Crippen LogP contribution in [0.25, 0.3) is 11.4 Å². The van der Waals surface area contributed by atoms with E-state index in [1.807, 2.05) is 5.32 Å². The van der Waals surface area contributed by atoms with Crippen molar-refractivity contribution in [2.24, 2.45) is 0 Å². The van der Waals surface area contributed by atoms with Crippen LogP contribution in [-0.4, -0.2) is 26.7 Å². The number of H-pyrrole nitrogens is 1. The molecule has 0 unspecified atom stereocenters. The number of carbonyl (C=O) groups excluding carboxylic acids is 1. The van der Waals surface area contributed by atoms with Crippen LogP contribution in [0, 0.1) is 0 Å². The van der Waals surface area contributed by atoms with Crippen molar-refractivity contribution in [1.29, 1.82) is 0 Å². The third kappa shape index (κ3) is 5.52. The highest BCUT2D eigenvalue weighted by Gasteiger charge is 2.37. The first-order valence-corrected chi connectivity index (χ1v) is 9.53. The van der Waals surface area contributed by atoms with E-state index in [-0.39, 0.29) is 23.1 Å². The first-order chi connectivity index (χ1) is 14.3. The summed E-state index contributed by atoms with van der Waals surface area (Å²) in [7, 11) is 0. The summed E-state index contributed by atoms with van der Waals surface area (Å²) in [6.45, 7) is 0. The second-order valence-electron chi connectivity index (χ2n) is 5.92. The standard InChI is InChI=1S/C16H8Br2F6N6O/c17-8-4-10(13-27-29-30-28-13)12(11(18)5-8)26-14(31)25-9-2-6(15(19,20)21)1-7(3-9)16(22,23)24/h1-5H,(H2,25,26,31)(H,27,28,29,30). The fourth-order valence-corrected chi connectivity index (χ4v) is 3.78. The number of nitrogens with zero attached hydrogens (tertiary/aromatic N) is 3. The molecule has 164 valence electrons. The van der Waals surface area contributed by atoms with Crippen LogP contribution < -0.4 is 10.6 Å². The van der Waals surface area contributed by atoms with Gasteiger partial charge >= 0.3 is 18.4 Å². The number of tetrazole rings is 1. The Balaban J connectivity index is 1.93. The lowest BCUT2D eigenvalue weighted by atomic mass is 10.1. The van der Waals surface area contributed by atoms with Crippen molar-refractivity contribution in [2.75, 3.05) is 10.6 Å². The average Bonchev–Trinajstić information content (AvgIpc) is 3.16. The zero-order chi connectivity index (χ0) is 23.0. The third-order valence-corrected chi connectivity index (χ3v) is 4.81. The minimum Gasteiger partial charge on any atom is -0.308 e. The predicted octanol–water partition coefficient (Wildman–Crippen LogP) is 6.07. The molecule has 3 N–H and O–H groups in total. The molecule has 0 aliphatic rings. The fraction of sp³-hybridized carbons (Fsp3) is 0.125. The van der Waals surface area contributed by atoms with E-state index in [4.69, 9.17) is 0 Å². The highest BCUT2D eigenvalue weighted by atomic mass is 79.9. The molecule has 0 saturated carbocycles. The fourth-order valence-electron chi connectivity index (χ4n) is 2.46. The number of alkyl halides is 6. The van der Waals surface area contributed by atoms with E-state index >= 15 is 0 Å². The quantitative estimate of drug-likeness (QED) is 0.331. The summed E-state index contributed by atoms with van der Waals surface area (Å²) < 4.78 is 78.8. The third-order valence-electron chi connectivity index (χ3n) is 3.73. The second-order valence-corrected chi connectivity index (χ2v) is 7.69. The number of aromatic nitrogens is 4. The average molecular weight is 574 g/mol. The Labute approximate surface area is 185 Å². The predicted molar refractivity (Wildman–Crippen MR) is 104 cm³/mol. The van der Waals surface area contributed by atoms with Gasteiger partial charge in [-0.1, -0.05) is 15.9 Å². The Morgan fingerprint density at radius 3 is 2.03 bits per heavy atom. The molecular weight excluding hydrogens is 566 g/mol. The van der Waals surface area contributed by atoms with Gasteiger partial charge in [0.25, 0.3) is 0 Å². The molecule has 0 saturated heterocycles. The number of hydrogen-bond donors (Lipinski definition) is 3. The molecule has 31 heavy (non-hydrogen) atoms. The lowest BCUT2D eigenvalue weighted by molar-refractivity contribution is -0.143. The molecule has 1 heterocycles. The summed E-state index contributed by atoms with van der Waals surface area (Å²) in [6.07, 6.45) is -10.1. The van der Waals surface area contributed by atoms with Gasteiger partial charge in [-0.05, 0) is 51.5 Å². The Kier molecular flexibility index (Phi) is 6.27. The molecule has 1 aromatic heterocycles. The van der Waals surface area contributed by atoms with E-state index in [0.29, 0.717) is 21.1 Å². The lowest BCUT2D eigenvalue weighted by Gasteiger charge is -2.16. The molecular formula is C16H8Br2F6N6O. The number of halogens is 8. The summed E-state index contributed by atoms with van der Waals surface area (Å²) in [5.74, 6) is 0.0794. The van der Waals surface area contributed by atoms with Gasteiger partial charge in [0.2, 0.25) is 5.82 Å². The van der Waals surface area contributed by atoms with Crippen LogP contribution in [0.2, 0.25) is 0 Å². The Bertz CT molecular complexity index is 1080. The van der Waals surface area contributed by atoms with Gasteiger partial charge in [0, 0.05) is 20.2 Å². The van der Waals surface area contributed by atoms with Gasteiger partial charge in [0.1, 0.15) is 0 Å². The van der Waals surface area contributed by atoms with E-state index in [0.717, 1.165) is 0 Å². The van der Waals surface area contributed by atoms with Crippen molar-refractivity contribution >= 4 is 49.3 Å². The number of aromatic amines is 1. The van der Waals surface area contributed by atoms with E-state index in [9.17, 15) is 31.1 Å². The summed E-state index contributed by atoms with van der Waals surface area (Å²) in [5.41, 5.74) is -3.45. The number of carbonyl (C=O) groups is 1. The van der Waals surface area contributed by atoms with Crippen LogP contribution >= 0.6 is 31.9 Å². The van der Waals surface area contributed by atoms with Gasteiger partial charge in [-0.15, -0.1) is 10.2 Å². The van der Waals surface area contributed by atoms with Crippen molar-refractivity contribution in [1.82, 2.24) is 20.6 Å². The highest BCUT2D eigenvalue weighted by Crippen LogP contribution is 2.38. The molecule has 0 fully saturated rings. The van der Waals surface area contributed by atoms with Gasteiger partial charge in [-0.3, -0.25) is 0 Å². The van der Waals surface area contributed by atoms with Crippen molar-refractivity contribution in [3.8, 4) is 11.4 Å². The maximum Gasteiger partial charge on any atom is 0.416 e. The van der Waals surface area contributed by atoms with Crippen LogP contribution in [0.15, 0.2) is 39.3 Å². The Hall–Kier alpha value is -2.68. The molecule has 0 aliphatic heterocycles. The number of nitrogens with one attached hydrogen (secondary N) is 3. The van der Waals surface area contributed by atoms with Gasteiger partial charge in [0.05, 0.1) is 16.8 Å². The van der Waals surface area contributed by atoms with Gasteiger partial charge < -0.3 is 10.6 Å². The van der Waals surface area contributed by atoms with E-state index in [1.165, 1.54) is 6.07 Å². The Morgan fingerprint density at radius 1 is 0.903 bits per heavy atom. The maximum atomic E-state index is 13.0. The minimum atomic E-state index is -5.05. The van der Waals surface area contributed by atoms with E-state index < -0.39 is 35.2 Å². The summed E-state index contributed by atoms with van der Waals surface area (Å²) >= 11 is 6.46. The molecule has 0 aliphatic carbocycles. The lowest BCUT2D eigenvalue weighted by Crippen LogP contribution is -2.21.